The molecule has 2 aromatic carbocycles. The third-order valence-corrected chi connectivity index (χ3v) is 4.13. The highest BCUT2D eigenvalue weighted by Crippen LogP contribution is 2.25. The van der Waals surface area contributed by atoms with Crippen molar-refractivity contribution in [2.24, 2.45) is 0 Å². The Kier molecular flexibility index (Phi) is 5.65. The Bertz CT molecular complexity index is 584. The van der Waals surface area contributed by atoms with Crippen molar-refractivity contribution in [2.75, 3.05) is 7.11 Å². The molecule has 0 saturated carbocycles. The minimum absolute atomic E-state index is 0.265. The molecule has 0 bridgehead atoms. The van der Waals surface area contributed by atoms with Crippen LogP contribution in [0.1, 0.15) is 30.5 Å². The molecule has 0 saturated heterocycles. The molecule has 1 atom stereocenters. The van der Waals surface area contributed by atoms with Gasteiger partial charge in [0.2, 0.25) is 0 Å². The van der Waals surface area contributed by atoms with Gasteiger partial charge in [-0.15, -0.1) is 0 Å². The van der Waals surface area contributed by atoms with Gasteiger partial charge in [0.05, 0.1) is 11.6 Å². The highest BCUT2D eigenvalue weighted by Gasteiger charge is 2.09. The van der Waals surface area contributed by atoms with Crippen molar-refractivity contribution in [2.45, 2.75) is 25.9 Å². The second-order valence-electron chi connectivity index (χ2n) is 4.90. The first-order valence-electron chi connectivity index (χ1n) is 6.98. The molecule has 0 aliphatic carbocycles. The van der Waals surface area contributed by atoms with Crippen LogP contribution in [-0.4, -0.2) is 12.2 Å². The molecule has 2 N–H and O–H groups in total. The van der Waals surface area contributed by atoms with E-state index in [1.54, 1.807) is 13.2 Å². The fourth-order valence-corrected chi connectivity index (χ4v) is 2.66. The van der Waals surface area contributed by atoms with Gasteiger partial charge in [0, 0.05) is 12.6 Å². The maximum Gasteiger partial charge on any atom is 0.129 e. The zero-order valence-corrected chi connectivity index (χ0v) is 13.9. The number of phenolic OH excluding ortho intramolecular Hbond substituents is 1. The Labute approximate surface area is 134 Å². The van der Waals surface area contributed by atoms with Crippen molar-refractivity contribution in [3.05, 3.63) is 58.1 Å². The van der Waals surface area contributed by atoms with Crippen LogP contribution in [0, 0.1) is 0 Å². The SMILES string of the molecule is CCC(NCc1ccc(O)c(Br)c1)c1ccc(OC)cc1. The lowest BCUT2D eigenvalue weighted by molar-refractivity contribution is 0.414. The van der Waals surface area contributed by atoms with E-state index in [-0.39, 0.29) is 5.75 Å². The molecule has 3 nitrogen and oxygen atoms in total. The first kappa shape index (κ1) is 15.9. The molecular weight excluding hydrogens is 330 g/mol. The van der Waals surface area contributed by atoms with Crippen LogP contribution < -0.4 is 10.1 Å². The molecule has 1 unspecified atom stereocenters. The molecule has 2 rings (SSSR count). The van der Waals surface area contributed by atoms with Gasteiger partial charge in [-0.25, -0.2) is 0 Å². The van der Waals surface area contributed by atoms with Crippen LogP contribution in [0.3, 0.4) is 0 Å². The van der Waals surface area contributed by atoms with E-state index in [2.05, 4.69) is 40.3 Å². The summed E-state index contributed by atoms with van der Waals surface area (Å²) in [5.41, 5.74) is 2.38. The number of halogens is 1. The van der Waals surface area contributed by atoms with E-state index in [0.29, 0.717) is 6.04 Å². The quantitative estimate of drug-likeness (QED) is 0.811. The Morgan fingerprint density at radius 2 is 1.90 bits per heavy atom. The molecule has 0 aliphatic heterocycles. The first-order valence-corrected chi connectivity index (χ1v) is 7.78. The maximum absolute atomic E-state index is 9.52. The van der Waals surface area contributed by atoms with Gasteiger partial charge in [-0.1, -0.05) is 25.1 Å². The molecule has 0 amide bonds. The third-order valence-electron chi connectivity index (χ3n) is 3.49. The van der Waals surface area contributed by atoms with Crippen LogP contribution >= 0.6 is 15.9 Å². The summed E-state index contributed by atoms with van der Waals surface area (Å²) in [4.78, 5) is 0. The van der Waals surface area contributed by atoms with Crippen LogP contribution in [0.4, 0.5) is 0 Å². The topological polar surface area (TPSA) is 41.5 Å². The predicted molar refractivity (Wildman–Crippen MR) is 88.7 cm³/mol. The Balaban J connectivity index is 2.02. The van der Waals surface area contributed by atoms with Crippen LogP contribution in [-0.2, 0) is 6.54 Å². The van der Waals surface area contributed by atoms with Crippen molar-refractivity contribution in [1.29, 1.82) is 0 Å². The number of hydrogen-bond acceptors (Lipinski definition) is 3. The lowest BCUT2D eigenvalue weighted by atomic mass is 10.0. The second kappa shape index (κ2) is 7.48. The molecular formula is C17H20BrNO2. The average Bonchev–Trinajstić information content (AvgIpc) is 2.52. The lowest BCUT2D eigenvalue weighted by Crippen LogP contribution is -2.20. The number of hydrogen-bond donors (Lipinski definition) is 2. The van der Waals surface area contributed by atoms with Crippen molar-refractivity contribution < 1.29 is 9.84 Å². The van der Waals surface area contributed by atoms with Gasteiger partial charge in [-0.3, -0.25) is 0 Å². The molecule has 112 valence electrons. The molecule has 0 radical (unpaired) electrons. The fourth-order valence-electron chi connectivity index (χ4n) is 2.24. The molecule has 4 heteroatoms. The molecule has 0 aliphatic rings. The number of aromatic hydroxyl groups is 1. The Hall–Kier alpha value is -1.52. The number of methoxy groups -OCH3 is 1. The van der Waals surface area contributed by atoms with Crippen LogP contribution in [0.15, 0.2) is 46.9 Å². The van der Waals surface area contributed by atoms with E-state index in [1.165, 1.54) is 5.56 Å². The van der Waals surface area contributed by atoms with E-state index in [9.17, 15) is 5.11 Å². The molecule has 0 fully saturated rings. The van der Waals surface area contributed by atoms with Gasteiger partial charge >= 0.3 is 0 Å². The van der Waals surface area contributed by atoms with Crippen molar-refractivity contribution in [3.63, 3.8) is 0 Å². The monoisotopic (exact) mass is 349 g/mol. The van der Waals surface area contributed by atoms with Gasteiger partial charge in [0.1, 0.15) is 11.5 Å². The van der Waals surface area contributed by atoms with Gasteiger partial charge in [0.15, 0.2) is 0 Å². The zero-order chi connectivity index (χ0) is 15.2. The largest absolute Gasteiger partial charge is 0.507 e. The summed E-state index contributed by atoms with van der Waals surface area (Å²) in [6, 6.07) is 14.0. The summed E-state index contributed by atoms with van der Waals surface area (Å²) in [5, 5.41) is 13.1. The number of benzene rings is 2. The minimum atomic E-state index is 0.265. The zero-order valence-electron chi connectivity index (χ0n) is 12.3. The van der Waals surface area contributed by atoms with Crippen molar-refractivity contribution in [3.8, 4) is 11.5 Å². The highest BCUT2D eigenvalue weighted by atomic mass is 79.9. The van der Waals surface area contributed by atoms with E-state index < -0.39 is 0 Å². The van der Waals surface area contributed by atoms with Crippen molar-refractivity contribution >= 4 is 15.9 Å². The van der Waals surface area contributed by atoms with Gasteiger partial charge < -0.3 is 15.2 Å². The molecule has 0 spiro atoms. The number of ether oxygens (including phenoxy) is 1. The second-order valence-corrected chi connectivity index (χ2v) is 5.75. The lowest BCUT2D eigenvalue weighted by Gasteiger charge is -2.18. The summed E-state index contributed by atoms with van der Waals surface area (Å²) in [6.07, 6.45) is 1.01. The van der Waals surface area contributed by atoms with Crippen LogP contribution in [0.2, 0.25) is 0 Å². The van der Waals surface area contributed by atoms with Crippen LogP contribution in [0.5, 0.6) is 11.5 Å². The van der Waals surface area contributed by atoms with E-state index in [1.807, 2.05) is 24.3 Å². The average molecular weight is 350 g/mol. The molecule has 21 heavy (non-hydrogen) atoms. The maximum atomic E-state index is 9.52. The van der Waals surface area contributed by atoms with Gasteiger partial charge in [-0.05, 0) is 57.7 Å². The van der Waals surface area contributed by atoms with Crippen molar-refractivity contribution in [1.82, 2.24) is 5.32 Å². The van der Waals surface area contributed by atoms with Gasteiger partial charge in [-0.2, -0.15) is 0 Å². The van der Waals surface area contributed by atoms with E-state index in [4.69, 9.17) is 4.74 Å². The fraction of sp³-hybridized carbons (Fsp3) is 0.294. The molecule has 2 aromatic rings. The molecule has 0 aromatic heterocycles. The summed E-state index contributed by atoms with van der Waals surface area (Å²) in [5.74, 6) is 1.14. The standard InChI is InChI=1S/C17H20BrNO2/c1-3-16(13-5-7-14(21-2)8-6-13)19-11-12-4-9-17(20)15(18)10-12/h4-10,16,19-20H,3,11H2,1-2H3. The summed E-state index contributed by atoms with van der Waals surface area (Å²) < 4.78 is 5.91. The van der Waals surface area contributed by atoms with Crippen LogP contribution in [0.25, 0.3) is 0 Å². The summed E-state index contributed by atoms with van der Waals surface area (Å²) >= 11 is 3.34. The first-order chi connectivity index (χ1) is 10.1. The summed E-state index contributed by atoms with van der Waals surface area (Å²) in [6.45, 7) is 2.91. The van der Waals surface area contributed by atoms with E-state index in [0.717, 1.165) is 28.8 Å². The normalized spacial score (nSPS) is 12.1. The van der Waals surface area contributed by atoms with E-state index >= 15 is 0 Å². The predicted octanol–water partition coefficient (Wildman–Crippen LogP) is 4.40. The summed E-state index contributed by atoms with van der Waals surface area (Å²) in [7, 11) is 1.67. The Morgan fingerprint density at radius 3 is 2.48 bits per heavy atom. The third kappa shape index (κ3) is 4.22. The highest BCUT2D eigenvalue weighted by molar-refractivity contribution is 9.10. The molecule has 0 heterocycles. The number of phenols is 1. The number of rotatable bonds is 6. The number of nitrogens with one attached hydrogen (secondary N) is 1. The van der Waals surface area contributed by atoms with Gasteiger partial charge in [0.25, 0.3) is 0 Å². The minimum Gasteiger partial charge on any atom is -0.507 e. The Morgan fingerprint density at radius 1 is 1.19 bits per heavy atom. The smallest absolute Gasteiger partial charge is 0.129 e.